The van der Waals surface area contributed by atoms with Gasteiger partial charge in [0.05, 0.1) is 12.0 Å². The molecule has 22 heavy (non-hydrogen) atoms. The van der Waals surface area contributed by atoms with E-state index in [2.05, 4.69) is 0 Å². The highest BCUT2D eigenvalue weighted by Gasteiger charge is 2.24. The van der Waals surface area contributed by atoms with Crippen molar-refractivity contribution < 1.29 is 23.5 Å². The summed E-state index contributed by atoms with van der Waals surface area (Å²) in [5, 5.41) is 8.62. The summed E-state index contributed by atoms with van der Waals surface area (Å²) in [7, 11) is 0. The number of carbonyl (C=O) groups excluding carboxylic acids is 1. The largest absolute Gasteiger partial charge is 0.481 e. The molecule has 1 aromatic carbocycles. The molecule has 0 unspecified atom stereocenters. The second kappa shape index (κ2) is 8.05. The Morgan fingerprint density at radius 2 is 1.77 bits per heavy atom. The highest BCUT2D eigenvalue weighted by atomic mass is 35.5. The number of carbonyl (C=O) groups is 2. The summed E-state index contributed by atoms with van der Waals surface area (Å²) in [6, 6.07) is 2.80. The molecule has 8 heteroatoms. The second-order valence-corrected chi connectivity index (χ2v) is 4.90. The van der Waals surface area contributed by atoms with Crippen molar-refractivity contribution in [2.45, 2.75) is 6.42 Å². The third kappa shape index (κ3) is 4.64. The first kappa shape index (κ1) is 18.3. The predicted molar refractivity (Wildman–Crippen MR) is 78.2 cm³/mol. The van der Waals surface area contributed by atoms with Gasteiger partial charge in [0.15, 0.2) is 0 Å². The molecule has 0 bridgehead atoms. The third-order valence-electron chi connectivity index (χ3n) is 3.46. The molecule has 1 aliphatic heterocycles. The molecule has 1 heterocycles. The standard InChI is InChI=1S/C14H16F2N2O3.ClH/c15-10-1-2-12(16)11(9-10)14(21)18-7-5-17(6-8-18)4-3-13(19)20;/h1-2,9H,3-8H2,(H,19,20);1H. The Kier molecular flexibility index (Phi) is 6.70. The van der Waals surface area contributed by atoms with Crippen molar-refractivity contribution in [2.75, 3.05) is 32.7 Å². The Labute approximate surface area is 132 Å². The van der Waals surface area contributed by atoms with Crippen molar-refractivity contribution >= 4 is 24.3 Å². The number of carboxylic acids is 1. The van der Waals surface area contributed by atoms with E-state index in [-0.39, 0.29) is 24.4 Å². The first-order chi connectivity index (χ1) is 9.97. The molecule has 5 nitrogen and oxygen atoms in total. The van der Waals surface area contributed by atoms with Crippen molar-refractivity contribution in [3.63, 3.8) is 0 Å². The van der Waals surface area contributed by atoms with E-state index in [1.54, 1.807) is 0 Å². The van der Waals surface area contributed by atoms with Crippen molar-refractivity contribution in [3.8, 4) is 0 Å². The van der Waals surface area contributed by atoms with Crippen LogP contribution in [-0.2, 0) is 4.79 Å². The third-order valence-corrected chi connectivity index (χ3v) is 3.46. The second-order valence-electron chi connectivity index (χ2n) is 4.90. The Morgan fingerprint density at radius 1 is 1.14 bits per heavy atom. The minimum Gasteiger partial charge on any atom is -0.481 e. The first-order valence-electron chi connectivity index (χ1n) is 6.66. The molecule has 0 radical (unpaired) electrons. The van der Waals surface area contributed by atoms with E-state index >= 15 is 0 Å². The Balaban J connectivity index is 0.00000242. The summed E-state index contributed by atoms with van der Waals surface area (Å²) < 4.78 is 26.7. The number of rotatable bonds is 4. The first-order valence-corrected chi connectivity index (χ1v) is 6.66. The minimum atomic E-state index is -0.865. The number of amides is 1. The van der Waals surface area contributed by atoms with E-state index < -0.39 is 23.5 Å². The normalized spacial score (nSPS) is 15.3. The fourth-order valence-electron chi connectivity index (χ4n) is 2.26. The Bertz CT molecular complexity index is 549. The molecule has 0 aromatic heterocycles. The lowest BCUT2D eigenvalue weighted by molar-refractivity contribution is -0.137. The van der Waals surface area contributed by atoms with E-state index in [0.29, 0.717) is 32.7 Å². The molecule has 1 N–H and O–H groups in total. The molecule has 122 valence electrons. The minimum absolute atomic E-state index is 0. The highest BCUT2D eigenvalue weighted by Crippen LogP contribution is 2.14. The van der Waals surface area contributed by atoms with Gasteiger partial charge in [-0.3, -0.25) is 14.5 Å². The molecule has 0 saturated carbocycles. The van der Waals surface area contributed by atoms with E-state index in [4.69, 9.17) is 5.11 Å². The lowest BCUT2D eigenvalue weighted by Crippen LogP contribution is -2.49. The zero-order valence-corrected chi connectivity index (χ0v) is 12.6. The predicted octanol–water partition coefficient (Wildman–Crippen LogP) is 1.62. The maximum absolute atomic E-state index is 13.6. The summed E-state index contributed by atoms with van der Waals surface area (Å²) in [6.45, 7) is 2.21. The number of halogens is 3. The van der Waals surface area contributed by atoms with Gasteiger partial charge in [-0.05, 0) is 18.2 Å². The lowest BCUT2D eigenvalue weighted by atomic mass is 10.1. The van der Waals surface area contributed by atoms with Crippen molar-refractivity contribution in [1.29, 1.82) is 0 Å². The van der Waals surface area contributed by atoms with Crippen LogP contribution in [0.5, 0.6) is 0 Å². The summed E-state index contributed by atoms with van der Waals surface area (Å²) in [6.07, 6.45) is 0.0481. The number of piperazine rings is 1. The zero-order valence-electron chi connectivity index (χ0n) is 11.8. The Morgan fingerprint density at radius 3 is 2.36 bits per heavy atom. The van der Waals surface area contributed by atoms with E-state index in [9.17, 15) is 18.4 Å². The average Bonchev–Trinajstić information content (AvgIpc) is 2.47. The number of benzene rings is 1. The zero-order chi connectivity index (χ0) is 15.4. The number of hydrogen-bond acceptors (Lipinski definition) is 3. The van der Waals surface area contributed by atoms with Crippen LogP contribution in [0.15, 0.2) is 18.2 Å². The van der Waals surface area contributed by atoms with Crippen molar-refractivity contribution in [3.05, 3.63) is 35.4 Å². The van der Waals surface area contributed by atoms with Gasteiger partial charge in [0.25, 0.3) is 5.91 Å². The van der Waals surface area contributed by atoms with E-state index in [0.717, 1.165) is 18.2 Å². The molecule has 0 atom stereocenters. The van der Waals surface area contributed by atoms with Gasteiger partial charge < -0.3 is 10.0 Å². The summed E-state index contributed by atoms with van der Waals surface area (Å²) in [5.74, 6) is -2.80. The number of aliphatic carboxylic acids is 1. The van der Waals surface area contributed by atoms with Gasteiger partial charge in [0, 0.05) is 32.7 Å². The molecule has 1 saturated heterocycles. The smallest absolute Gasteiger partial charge is 0.304 e. The summed E-state index contributed by atoms with van der Waals surface area (Å²) in [4.78, 5) is 26.0. The molecule has 1 aliphatic rings. The number of carboxylic acid groups (broad SMARTS) is 1. The van der Waals surface area contributed by atoms with Gasteiger partial charge in [0.2, 0.25) is 0 Å². The SMILES string of the molecule is Cl.O=C(O)CCN1CCN(C(=O)c2cc(F)ccc2F)CC1. The molecule has 1 amide bonds. The highest BCUT2D eigenvalue weighted by molar-refractivity contribution is 5.94. The monoisotopic (exact) mass is 334 g/mol. The van der Waals surface area contributed by atoms with Gasteiger partial charge in [-0.25, -0.2) is 8.78 Å². The summed E-state index contributed by atoms with van der Waals surface area (Å²) >= 11 is 0. The molecule has 0 spiro atoms. The van der Waals surface area contributed by atoms with Crippen LogP contribution in [0.3, 0.4) is 0 Å². The lowest BCUT2D eigenvalue weighted by Gasteiger charge is -2.34. The fraction of sp³-hybridized carbons (Fsp3) is 0.429. The maximum Gasteiger partial charge on any atom is 0.304 e. The maximum atomic E-state index is 13.6. The van der Waals surface area contributed by atoms with Gasteiger partial charge in [0.1, 0.15) is 11.6 Å². The average molecular weight is 335 g/mol. The Hall–Kier alpha value is -1.73. The molecule has 0 aliphatic carbocycles. The molecular weight excluding hydrogens is 318 g/mol. The van der Waals surface area contributed by atoms with Gasteiger partial charge in [-0.1, -0.05) is 0 Å². The topological polar surface area (TPSA) is 60.9 Å². The molecule has 1 fully saturated rings. The van der Waals surface area contributed by atoms with Gasteiger partial charge >= 0.3 is 5.97 Å². The van der Waals surface area contributed by atoms with Crippen molar-refractivity contribution in [1.82, 2.24) is 9.80 Å². The van der Waals surface area contributed by atoms with Crippen LogP contribution < -0.4 is 0 Å². The van der Waals surface area contributed by atoms with E-state index in [1.807, 2.05) is 4.90 Å². The quantitative estimate of drug-likeness (QED) is 0.909. The van der Waals surface area contributed by atoms with Crippen LogP contribution in [0.2, 0.25) is 0 Å². The van der Waals surface area contributed by atoms with Crippen LogP contribution in [-0.4, -0.2) is 59.5 Å². The van der Waals surface area contributed by atoms with Crippen molar-refractivity contribution in [2.24, 2.45) is 0 Å². The molecule has 1 aromatic rings. The number of hydrogen-bond donors (Lipinski definition) is 1. The van der Waals surface area contributed by atoms with Gasteiger partial charge in [-0.2, -0.15) is 0 Å². The fourth-order valence-corrected chi connectivity index (χ4v) is 2.26. The molecule has 2 rings (SSSR count). The number of nitrogens with zero attached hydrogens (tertiary/aromatic N) is 2. The van der Waals surface area contributed by atoms with Crippen LogP contribution in [0.4, 0.5) is 8.78 Å². The van der Waals surface area contributed by atoms with Crippen LogP contribution in [0.1, 0.15) is 16.8 Å². The summed E-state index contributed by atoms with van der Waals surface area (Å²) in [5.41, 5.74) is -0.269. The van der Waals surface area contributed by atoms with Crippen LogP contribution in [0.25, 0.3) is 0 Å². The molecular formula is C14H17ClF2N2O3. The van der Waals surface area contributed by atoms with E-state index in [1.165, 1.54) is 4.90 Å². The van der Waals surface area contributed by atoms with Gasteiger partial charge in [-0.15, -0.1) is 12.4 Å². The van der Waals surface area contributed by atoms with Crippen LogP contribution >= 0.6 is 12.4 Å². The van der Waals surface area contributed by atoms with Crippen LogP contribution in [0, 0.1) is 11.6 Å².